The van der Waals surface area contributed by atoms with E-state index in [9.17, 15) is 0 Å². The zero-order valence-corrected chi connectivity index (χ0v) is 31.8. The summed E-state index contributed by atoms with van der Waals surface area (Å²) >= 11 is -2.25. The first-order valence-electron chi connectivity index (χ1n) is 16.0. The van der Waals surface area contributed by atoms with Crippen LogP contribution >= 0.6 is 0 Å². The number of fused-ring (bicyclic) bond motifs is 4. The Hall–Kier alpha value is -3.00. The first-order chi connectivity index (χ1) is 21.5. The van der Waals surface area contributed by atoms with Gasteiger partial charge in [-0.05, 0) is 0 Å². The maximum Gasteiger partial charge on any atom is -1.00 e. The molecule has 2 aliphatic carbocycles. The van der Waals surface area contributed by atoms with Crippen LogP contribution in [0.15, 0.2) is 145 Å². The van der Waals surface area contributed by atoms with E-state index in [1.165, 1.54) is 54.9 Å². The Morgan fingerprint density at radius 2 is 0.783 bits per heavy atom. The minimum absolute atomic E-state index is 0. The van der Waals surface area contributed by atoms with Crippen molar-refractivity contribution in [3.63, 3.8) is 0 Å². The molecule has 0 aromatic heterocycles. The molecule has 0 fully saturated rings. The Kier molecular flexibility index (Phi) is 9.48. The third-order valence-electron chi connectivity index (χ3n) is 10.2. The first-order valence-corrected chi connectivity index (χ1v) is 26.0. The monoisotopic (exact) mass is 729 g/mol. The molecule has 6 aromatic carbocycles. The van der Waals surface area contributed by atoms with Crippen LogP contribution in [0.4, 0.5) is 0 Å². The summed E-state index contributed by atoms with van der Waals surface area (Å²) in [4.78, 5) is 0. The molecule has 0 spiro atoms. The van der Waals surface area contributed by atoms with Gasteiger partial charge in [-0.3, -0.25) is 0 Å². The maximum absolute atomic E-state index is 2.67. The van der Waals surface area contributed by atoms with Gasteiger partial charge in [-0.25, -0.2) is 0 Å². The average Bonchev–Trinajstić information content (AvgIpc) is 3.50. The van der Waals surface area contributed by atoms with E-state index >= 15 is 0 Å². The SMILES string of the molecule is CC1=C(c2cccc3ccccc23)c2ccccc2[CH]1[Zr+2]([CH]1C(C)=C(c2cccc3ccccc23)c2ccccc21)[SiH](C)C.[Cl-].[Cl-]. The summed E-state index contributed by atoms with van der Waals surface area (Å²) in [5.41, 5.74) is 15.2. The van der Waals surface area contributed by atoms with Gasteiger partial charge in [0, 0.05) is 0 Å². The molecule has 2 atom stereocenters. The summed E-state index contributed by atoms with van der Waals surface area (Å²) in [6.45, 7) is 10.3. The van der Waals surface area contributed by atoms with E-state index in [0.717, 1.165) is 0 Å². The van der Waals surface area contributed by atoms with Crippen molar-refractivity contribution < 1.29 is 45.7 Å². The van der Waals surface area contributed by atoms with E-state index < -0.39 is 26.8 Å². The van der Waals surface area contributed by atoms with E-state index in [1.807, 2.05) is 0 Å². The van der Waals surface area contributed by atoms with Crippen LogP contribution in [0.3, 0.4) is 0 Å². The zero-order valence-electron chi connectivity index (χ0n) is 26.7. The molecular weight excluding hydrogens is 695 g/mol. The van der Waals surface area contributed by atoms with Crippen LogP contribution in [0, 0.1) is 0 Å². The summed E-state index contributed by atoms with van der Waals surface area (Å²) in [7, 11) is 0. The van der Waals surface area contributed by atoms with E-state index in [-0.39, 0.29) is 24.8 Å². The van der Waals surface area contributed by atoms with E-state index in [4.69, 9.17) is 0 Å². The second-order valence-corrected chi connectivity index (χ2v) is 32.9. The Morgan fingerprint density at radius 3 is 1.22 bits per heavy atom. The molecule has 0 saturated carbocycles. The van der Waals surface area contributed by atoms with Crippen LogP contribution in [0.25, 0.3) is 32.7 Å². The smallest absolute Gasteiger partial charge is 1.00 e. The normalized spacial score (nSPS) is 16.8. The second kappa shape index (κ2) is 13.2. The third kappa shape index (κ3) is 5.14. The Bertz CT molecular complexity index is 2000. The largest absolute Gasteiger partial charge is 1.00 e. The number of hydrogen-bond acceptors (Lipinski definition) is 0. The molecule has 0 N–H and O–H groups in total. The molecule has 0 bridgehead atoms. The zero-order chi connectivity index (χ0) is 29.9. The minimum atomic E-state index is -2.25. The Balaban J connectivity index is 0.00000186. The van der Waals surface area contributed by atoms with Gasteiger partial charge in [0.05, 0.1) is 0 Å². The number of benzene rings is 6. The van der Waals surface area contributed by atoms with Gasteiger partial charge >= 0.3 is 272 Å². The van der Waals surface area contributed by atoms with Gasteiger partial charge in [0.25, 0.3) is 0 Å². The van der Waals surface area contributed by atoms with Crippen LogP contribution in [-0.4, -0.2) is 5.92 Å². The molecule has 2 unspecified atom stereocenters. The minimum Gasteiger partial charge on any atom is -1.00 e. The summed E-state index contributed by atoms with van der Waals surface area (Å²) in [6, 6.07) is 50.5. The standard InChI is InChI=1S/2C20H15.C2H7Si.2ClH.Zr/c2*1-14-13-16-8-3-5-11-18(16)20(14)19-12-6-9-15-7-2-4-10-17(15)19;1-3-2;;;/h2*2-13H,1H3;3H,1-2H3;2*1H;/q;;;;;+2/p-2. The molecule has 0 nitrogen and oxygen atoms in total. The van der Waals surface area contributed by atoms with Crippen molar-refractivity contribution >= 4 is 38.6 Å². The molecule has 0 heterocycles. The van der Waals surface area contributed by atoms with Crippen molar-refractivity contribution in [2.24, 2.45) is 0 Å². The average molecular weight is 732 g/mol. The molecular formula is C42H37Cl2SiZr. The van der Waals surface area contributed by atoms with Crippen molar-refractivity contribution in [1.29, 1.82) is 0 Å². The fraction of sp³-hybridized carbons (Fsp3) is 0.143. The molecule has 0 amide bonds. The summed E-state index contributed by atoms with van der Waals surface area (Å²) in [5, 5.41) is 5.39. The van der Waals surface area contributed by atoms with Gasteiger partial charge in [0.1, 0.15) is 0 Å². The third-order valence-corrected chi connectivity index (χ3v) is 32.2. The molecule has 46 heavy (non-hydrogen) atoms. The van der Waals surface area contributed by atoms with Gasteiger partial charge in [0.15, 0.2) is 0 Å². The predicted octanol–water partition coefficient (Wildman–Crippen LogP) is 5.06. The fourth-order valence-electron chi connectivity index (χ4n) is 8.43. The van der Waals surface area contributed by atoms with E-state index in [2.05, 4.69) is 160 Å². The quantitative estimate of drug-likeness (QED) is 0.218. The molecule has 4 heteroatoms. The van der Waals surface area contributed by atoms with Crippen molar-refractivity contribution in [2.45, 2.75) is 34.2 Å². The van der Waals surface area contributed by atoms with Gasteiger partial charge in [0.2, 0.25) is 0 Å². The van der Waals surface area contributed by atoms with Gasteiger partial charge in [-0.2, -0.15) is 0 Å². The molecule has 0 radical (unpaired) electrons. The second-order valence-electron chi connectivity index (χ2n) is 12.9. The molecule has 227 valence electrons. The predicted molar refractivity (Wildman–Crippen MR) is 189 cm³/mol. The van der Waals surface area contributed by atoms with Gasteiger partial charge in [-0.15, -0.1) is 0 Å². The van der Waals surface area contributed by atoms with Crippen LogP contribution in [-0.2, 0) is 20.9 Å². The molecule has 6 aromatic rings. The fourth-order valence-corrected chi connectivity index (χ4v) is 31.7. The summed E-state index contributed by atoms with van der Waals surface area (Å²) in [6.07, 6.45) is 0. The van der Waals surface area contributed by atoms with Gasteiger partial charge in [-0.1, -0.05) is 0 Å². The number of allylic oxidation sites excluding steroid dienone is 2. The number of halogens is 2. The van der Waals surface area contributed by atoms with Crippen molar-refractivity contribution in [3.05, 3.63) is 178 Å². The maximum atomic E-state index is 2.67. The molecule has 0 saturated heterocycles. The van der Waals surface area contributed by atoms with Crippen LogP contribution in [0.1, 0.15) is 54.5 Å². The summed E-state index contributed by atoms with van der Waals surface area (Å²) in [5.74, 6) is -0.999. The van der Waals surface area contributed by atoms with Crippen LogP contribution in [0.2, 0.25) is 13.1 Å². The number of rotatable bonds is 5. The molecule has 0 aliphatic heterocycles. The van der Waals surface area contributed by atoms with Crippen molar-refractivity contribution in [1.82, 2.24) is 0 Å². The molecule has 8 rings (SSSR count). The summed E-state index contributed by atoms with van der Waals surface area (Å²) < 4.78 is 1.18. The van der Waals surface area contributed by atoms with Crippen LogP contribution in [0.5, 0.6) is 0 Å². The van der Waals surface area contributed by atoms with Crippen molar-refractivity contribution in [3.8, 4) is 0 Å². The topological polar surface area (TPSA) is 0 Å². The molecule has 2 aliphatic rings. The number of hydrogen-bond donors (Lipinski definition) is 0. The van der Waals surface area contributed by atoms with Gasteiger partial charge < -0.3 is 24.8 Å². The Labute approximate surface area is 294 Å². The van der Waals surface area contributed by atoms with E-state index in [1.54, 1.807) is 22.3 Å². The van der Waals surface area contributed by atoms with E-state index in [0.29, 0.717) is 7.25 Å². The Morgan fingerprint density at radius 1 is 0.435 bits per heavy atom. The first kappa shape index (κ1) is 32.9. The van der Waals surface area contributed by atoms with Crippen LogP contribution < -0.4 is 24.8 Å². The van der Waals surface area contributed by atoms with Crippen molar-refractivity contribution in [2.75, 3.05) is 0 Å².